The molecular formula is C20H18ClN3O4. The van der Waals surface area contributed by atoms with E-state index < -0.39 is 18.5 Å². The Bertz CT molecular complexity index is 1060. The molecule has 144 valence electrons. The molecular weight excluding hydrogens is 382 g/mol. The van der Waals surface area contributed by atoms with Crippen molar-refractivity contribution in [2.75, 3.05) is 6.61 Å². The Morgan fingerprint density at radius 3 is 2.54 bits per heavy atom. The van der Waals surface area contributed by atoms with Gasteiger partial charge in [-0.15, -0.1) is 0 Å². The fraction of sp³-hybridized carbons (Fsp3) is 0.200. The number of aromatic nitrogens is 2. The van der Waals surface area contributed by atoms with Crippen LogP contribution in [0.15, 0.2) is 53.3 Å². The van der Waals surface area contributed by atoms with Gasteiger partial charge in [0.05, 0.1) is 23.5 Å². The molecule has 7 nitrogen and oxygen atoms in total. The summed E-state index contributed by atoms with van der Waals surface area (Å²) in [5, 5.41) is 10.7. The molecule has 1 atom stereocenters. The van der Waals surface area contributed by atoms with E-state index in [2.05, 4.69) is 15.5 Å². The highest BCUT2D eigenvalue weighted by molar-refractivity contribution is 6.30. The number of esters is 1. The quantitative estimate of drug-likeness (QED) is 0.620. The average Bonchev–Trinajstić information content (AvgIpc) is 2.69. The van der Waals surface area contributed by atoms with Crippen LogP contribution < -0.4 is 10.9 Å². The summed E-state index contributed by atoms with van der Waals surface area (Å²) in [6.45, 7) is 1.41. The summed E-state index contributed by atoms with van der Waals surface area (Å²) in [5.41, 5.74) is 0.936. The number of hydrogen-bond donors (Lipinski definition) is 2. The number of rotatable bonds is 6. The smallest absolute Gasteiger partial charge is 0.312 e. The minimum absolute atomic E-state index is 0.155. The molecule has 0 saturated carbocycles. The van der Waals surface area contributed by atoms with E-state index in [0.29, 0.717) is 21.5 Å². The molecule has 0 saturated heterocycles. The zero-order valence-corrected chi connectivity index (χ0v) is 15.8. The van der Waals surface area contributed by atoms with Crippen LogP contribution in [0.25, 0.3) is 10.8 Å². The first-order chi connectivity index (χ1) is 13.4. The predicted molar refractivity (Wildman–Crippen MR) is 105 cm³/mol. The normalized spacial score (nSPS) is 11.8. The first-order valence-electron chi connectivity index (χ1n) is 8.61. The third kappa shape index (κ3) is 4.75. The van der Waals surface area contributed by atoms with E-state index >= 15 is 0 Å². The Balaban J connectivity index is 1.56. The summed E-state index contributed by atoms with van der Waals surface area (Å²) >= 11 is 5.85. The van der Waals surface area contributed by atoms with Gasteiger partial charge in [0.2, 0.25) is 0 Å². The van der Waals surface area contributed by atoms with E-state index in [-0.39, 0.29) is 18.0 Å². The van der Waals surface area contributed by atoms with Crippen molar-refractivity contribution in [3.63, 3.8) is 0 Å². The fourth-order valence-electron chi connectivity index (χ4n) is 2.76. The fourth-order valence-corrected chi connectivity index (χ4v) is 2.88. The van der Waals surface area contributed by atoms with Gasteiger partial charge < -0.3 is 10.1 Å². The van der Waals surface area contributed by atoms with Crippen molar-refractivity contribution in [3.8, 4) is 0 Å². The van der Waals surface area contributed by atoms with Gasteiger partial charge in [-0.2, -0.15) is 5.10 Å². The second-order valence-corrected chi connectivity index (χ2v) is 6.66. The van der Waals surface area contributed by atoms with Gasteiger partial charge in [0, 0.05) is 10.4 Å². The largest absolute Gasteiger partial charge is 0.455 e. The summed E-state index contributed by atoms with van der Waals surface area (Å²) in [6.07, 6.45) is -0.155. The Labute approximate surface area is 165 Å². The topological polar surface area (TPSA) is 101 Å². The van der Waals surface area contributed by atoms with Crippen molar-refractivity contribution in [1.82, 2.24) is 15.5 Å². The van der Waals surface area contributed by atoms with Gasteiger partial charge in [0.15, 0.2) is 6.61 Å². The molecule has 0 radical (unpaired) electrons. The van der Waals surface area contributed by atoms with Crippen molar-refractivity contribution in [2.45, 2.75) is 19.4 Å². The molecule has 0 spiro atoms. The van der Waals surface area contributed by atoms with E-state index in [1.165, 1.54) is 0 Å². The molecule has 0 fully saturated rings. The molecule has 3 aromatic rings. The van der Waals surface area contributed by atoms with Crippen LogP contribution in [-0.2, 0) is 20.7 Å². The van der Waals surface area contributed by atoms with Crippen LogP contribution in [-0.4, -0.2) is 28.7 Å². The summed E-state index contributed by atoms with van der Waals surface area (Å²) in [5.74, 6) is -1.03. The molecule has 1 heterocycles. The highest BCUT2D eigenvalue weighted by Crippen LogP contribution is 2.16. The average molecular weight is 400 g/mol. The molecule has 0 bridgehead atoms. The zero-order chi connectivity index (χ0) is 20.1. The van der Waals surface area contributed by atoms with Gasteiger partial charge in [0.25, 0.3) is 11.5 Å². The number of halogens is 1. The zero-order valence-electron chi connectivity index (χ0n) is 15.1. The highest BCUT2D eigenvalue weighted by atomic mass is 35.5. The molecule has 8 heteroatoms. The molecule has 0 unspecified atom stereocenters. The lowest BCUT2D eigenvalue weighted by atomic mass is 10.1. The number of hydrogen-bond acceptors (Lipinski definition) is 5. The van der Waals surface area contributed by atoms with Gasteiger partial charge >= 0.3 is 5.97 Å². The Hall–Kier alpha value is -3.19. The Kier molecular flexibility index (Phi) is 6.06. The van der Waals surface area contributed by atoms with Gasteiger partial charge in [-0.25, -0.2) is 5.10 Å². The molecule has 2 aromatic carbocycles. The second-order valence-electron chi connectivity index (χ2n) is 6.22. The van der Waals surface area contributed by atoms with Crippen molar-refractivity contribution >= 4 is 34.2 Å². The highest BCUT2D eigenvalue weighted by Gasteiger charge is 2.15. The van der Waals surface area contributed by atoms with E-state index in [1.807, 2.05) is 19.1 Å². The third-order valence-electron chi connectivity index (χ3n) is 4.20. The number of ether oxygens (including phenoxy) is 1. The predicted octanol–water partition coefficient (Wildman–Crippen LogP) is 2.54. The number of aromatic amines is 1. The SMILES string of the molecule is C[C@@H](NC(=O)COC(=O)Cc1n[nH]c(=O)c2ccccc12)c1ccc(Cl)cc1. The Morgan fingerprint density at radius 2 is 1.82 bits per heavy atom. The number of amides is 1. The first-order valence-corrected chi connectivity index (χ1v) is 8.98. The minimum atomic E-state index is -0.612. The van der Waals surface area contributed by atoms with Crippen molar-refractivity contribution < 1.29 is 14.3 Å². The second kappa shape index (κ2) is 8.67. The molecule has 1 amide bonds. The number of carbonyl (C=O) groups excluding carboxylic acids is 2. The first kappa shape index (κ1) is 19.6. The van der Waals surface area contributed by atoms with E-state index in [0.717, 1.165) is 5.56 Å². The van der Waals surface area contributed by atoms with Crippen LogP contribution in [0.4, 0.5) is 0 Å². The molecule has 2 N–H and O–H groups in total. The van der Waals surface area contributed by atoms with Crippen molar-refractivity contribution in [1.29, 1.82) is 0 Å². The lowest BCUT2D eigenvalue weighted by molar-refractivity contribution is -0.148. The molecule has 1 aromatic heterocycles. The van der Waals surface area contributed by atoms with Crippen LogP contribution in [0, 0.1) is 0 Å². The maximum atomic E-state index is 12.1. The minimum Gasteiger partial charge on any atom is -0.455 e. The number of benzene rings is 2. The van der Waals surface area contributed by atoms with Crippen molar-refractivity contribution in [2.24, 2.45) is 0 Å². The number of carbonyl (C=O) groups is 2. The van der Waals surface area contributed by atoms with Gasteiger partial charge in [-0.1, -0.05) is 41.9 Å². The van der Waals surface area contributed by atoms with E-state index in [9.17, 15) is 14.4 Å². The van der Waals surface area contributed by atoms with Gasteiger partial charge in [-0.3, -0.25) is 14.4 Å². The van der Waals surface area contributed by atoms with Gasteiger partial charge in [-0.05, 0) is 30.7 Å². The lowest BCUT2D eigenvalue weighted by Crippen LogP contribution is -2.31. The van der Waals surface area contributed by atoms with Crippen LogP contribution in [0.3, 0.4) is 0 Å². The Morgan fingerprint density at radius 1 is 1.14 bits per heavy atom. The van der Waals surface area contributed by atoms with Crippen LogP contribution in [0.2, 0.25) is 5.02 Å². The summed E-state index contributed by atoms with van der Waals surface area (Å²) in [6, 6.07) is 13.7. The number of H-pyrrole nitrogens is 1. The monoisotopic (exact) mass is 399 g/mol. The van der Waals surface area contributed by atoms with E-state index in [1.54, 1.807) is 36.4 Å². The number of nitrogens with zero attached hydrogens (tertiary/aromatic N) is 1. The van der Waals surface area contributed by atoms with E-state index in [4.69, 9.17) is 16.3 Å². The summed E-state index contributed by atoms with van der Waals surface area (Å²) < 4.78 is 5.04. The number of fused-ring (bicyclic) bond motifs is 1. The number of nitrogens with one attached hydrogen (secondary N) is 2. The standard InChI is InChI=1S/C20H18ClN3O4/c1-12(13-6-8-14(21)9-7-13)22-18(25)11-28-19(26)10-17-15-4-2-3-5-16(15)20(27)24-23-17/h2-9,12H,10-11H2,1H3,(H,22,25)(H,24,27)/t12-/m1/s1. The van der Waals surface area contributed by atoms with Crippen LogP contribution >= 0.6 is 11.6 Å². The molecule has 0 aliphatic heterocycles. The molecule has 3 rings (SSSR count). The van der Waals surface area contributed by atoms with Gasteiger partial charge in [0.1, 0.15) is 0 Å². The lowest BCUT2D eigenvalue weighted by Gasteiger charge is -2.14. The molecule has 0 aliphatic rings. The summed E-state index contributed by atoms with van der Waals surface area (Å²) in [4.78, 5) is 35.9. The van der Waals surface area contributed by atoms with Crippen molar-refractivity contribution in [3.05, 3.63) is 75.2 Å². The van der Waals surface area contributed by atoms with Crippen LogP contribution in [0.1, 0.15) is 24.2 Å². The summed E-state index contributed by atoms with van der Waals surface area (Å²) in [7, 11) is 0. The van der Waals surface area contributed by atoms with Crippen LogP contribution in [0.5, 0.6) is 0 Å². The maximum absolute atomic E-state index is 12.1. The third-order valence-corrected chi connectivity index (χ3v) is 4.45. The maximum Gasteiger partial charge on any atom is 0.312 e. The molecule has 28 heavy (non-hydrogen) atoms. The molecule has 0 aliphatic carbocycles.